The lowest BCUT2D eigenvalue weighted by atomic mass is 9.98. The van der Waals surface area contributed by atoms with Crippen molar-refractivity contribution in [3.8, 4) is 0 Å². The number of anilines is 1. The zero-order valence-electron chi connectivity index (χ0n) is 11.4. The van der Waals surface area contributed by atoms with Crippen LogP contribution in [0.1, 0.15) is 37.7 Å². The number of hydrogen-bond donors (Lipinski definition) is 0. The summed E-state index contributed by atoms with van der Waals surface area (Å²) >= 11 is 0. The Balaban J connectivity index is 1.67. The third kappa shape index (κ3) is 2.39. The van der Waals surface area contributed by atoms with Crippen molar-refractivity contribution < 1.29 is 0 Å². The van der Waals surface area contributed by atoms with Crippen LogP contribution in [0.4, 0.5) is 5.69 Å². The van der Waals surface area contributed by atoms with Crippen molar-refractivity contribution in [1.29, 1.82) is 0 Å². The summed E-state index contributed by atoms with van der Waals surface area (Å²) in [6.07, 6.45) is 4.04. The molecule has 0 N–H and O–H groups in total. The van der Waals surface area contributed by atoms with E-state index in [0.717, 1.165) is 5.92 Å². The lowest BCUT2D eigenvalue weighted by Crippen LogP contribution is -2.19. The Morgan fingerprint density at radius 3 is 2.39 bits per heavy atom. The summed E-state index contributed by atoms with van der Waals surface area (Å²) in [4.78, 5) is 5.07. The second-order valence-electron chi connectivity index (χ2n) is 5.66. The second-order valence-corrected chi connectivity index (χ2v) is 5.66. The van der Waals surface area contributed by atoms with E-state index in [4.69, 9.17) is 0 Å². The molecule has 18 heavy (non-hydrogen) atoms. The third-order valence-electron chi connectivity index (χ3n) is 4.56. The van der Waals surface area contributed by atoms with Gasteiger partial charge < -0.3 is 9.80 Å². The molecule has 2 fully saturated rings. The Bertz CT molecular complexity index is 379. The van der Waals surface area contributed by atoms with Crippen LogP contribution in [-0.4, -0.2) is 37.6 Å². The molecule has 2 aliphatic rings. The van der Waals surface area contributed by atoms with Crippen molar-refractivity contribution >= 4 is 5.69 Å². The maximum Gasteiger partial charge on any atom is 0.0366 e. The molecule has 1 atom stereocenters. The summed E-state index contributed by atoms with van der Waals surface area (Å²) in [5, 5.41) is 0. The molecule has 0 saturated carbocycles. The summed E-state index contributed by atoms with van der Waals surface area (Å²) in [6, 6.07) is 9.37. The Hall–Kier alpha value is -1.02. The molecule has 2 saturated heterocycles. The minimum absolute atomic E-state index is 0.762. The van der Waals surface area contributed by atoms with Gasteiger partial charge in [0, 0.05) is 25.3 Å². The molecule has 0 radical (unpaired) electrons. The van der Waals surface area contributed by atoms with E-state index < -0.39 is 0 Å². The van der Waals surface area contributed by atoms with E-state index in [-0.39, 0.29) is 0 Å². The average Bonchev–Trinajstić information content (AvgIpc) is 3.10. The molecule has 98 valence electrons. The molecule has 2 nitrogen and oxygen atoms in total. The molecule has 1 aromatic rings. The monoisotopic (exact) mass is 244 g/mol. The van der Waals surface area contributed by atoms with E-state index in [9.17, 15) is 0 Å². The van der Waals surface area contributed by atoms with Gasteiger partial charge in [-0.25, -0.2) is 0 Å². The highest BCUT2D eigenvalue weighted by molar-refractivity contribution is 5.48. The van der Waals surface area contributed by atoms with E-state index in [1.807, 2.05) is 0 Å². The van der Waals surface area contributed by atoms with Gasteiger partial charge in [-0.1, -0.05) is 19.1 Å². The molecule has 2 aliphatic heterocycles. The van der Waals surface area contributed by atoms with Gasteiger partial charge in [-0.15, -0.1) is 0 Å². The van der Waals surface area contributed by atoms with Crippen molar-refractivity contribution in [3.05, 3.63) is 29.8 Å². The summed E-state index contributed by atoms with van der Waals surface area (Å²) in [5.74, 6) is 0.762. The van der Waals surface area contributed by atoms with Gasteiger partial charge in [-0.2, -0.15) is 0 Å². The number of rotatable bonds is 3. The number of likely N-dealkylation sites (N-methyl/N-ethyl adjacent to an activating group) is 1. The first-order valence-corrected chi connectivity index (χ1v) is 7.44. The van der Waals surface area contributed by atoms with Gasteiger partial charge in [0.15, 0.2) is 0 Å². The molecule has 0 aliphatic carbocycles. The van der Waals surface area contributed by atoms with E-state index in [1.54, 1.807) is 0 Å². The smallest absolute Gasteiger partial charge is 0.0366 e. The Kier molecular flexibility index (Phi) is 3.55. The molecule has 0 spiro atoms. The SMILES string of the molecule is CCN1CCC(c2ccc(N3CCCC3)cc2)C1. The lowest BCUT2D eigenvalue weighted by molar-refractivity contribution is 0.354. The highest BCUT2D eigenvalue weighted by Crippen LogP contribution is 2.29. The topological polar surface area (TPSA) is 6.48 Å². The van der Waals surface area contributed by atoms with E-state index in [1.165, 1.54) is 63.2 Å². The van der Waals surface area contributed by atoms with Crippen molar-refractivity contribution in [2.24, 2.45) is 0 Å². The van der Waals surface area contributed by atoms with Gasteiger partial charge in [0.1, 0.15) is 0 Å². The summed E-state index contributed by atoms with van der Waals surface area (Å²) in [6.45, 7) is 8.47. The van der Waals surface area contributed by atoms with Crippen molar-refractivity contribution in [2.75, 3.05) is 37.6 Å². The van der Waals surface area contributed by atoms with Crippen LogP contribution in [0.3, 0.4) is 0 Å². The highest BCUT2D eigenvalue weighted by Gasteiger charge is 2.22. The maximum atomic E-state index is 2.55. The van der Waals surface area contributed by atoms with Gasteiger partial charge in [0.05, 0.1) is 0 Å². The fraction of sp³-hybridized carbons (Fsp3) is 0.625. The van der Waals surface area contributed by atoms with Gasteiger partial charge >= 0.3 is 0 Å². The van der Waals surface area contributed by atoms with Gasteiger partial charge in [-0.3, -0.25) is 0 Å². The quantitative estimate of drug-likeness (QED) is 0.806. The van der Waals surface area contributed by atoms with Crippen LogP contribution in [0.25, 0.3) is 0 Å². The van der Waals surface area contributed by atoms with Crippen LogP contribution in [0, 0.1) is 0 Å². The molecule has 1 unspecified atom stereocenters. The molecule has 0 amide bonds. The van der Waals surface area contributed by atoms with Gasteiger partial charge in [0.25, 0.3) is 0 Å². The van der Waals surface area contributed by atoms with Crippen molar-refractivity contribution in [2.45, 2.75) is 32.1 Å². The molecular weight excluding hydrogens is 220 g/mol. The first-order chi connectivity index (χ1) is 8.86. The van der Waals surface area contributed by atoms with E-state index in [2.05, 4.69) is 41.0 Å². The van der Waals surface area contributed by atoms with Crippen molar-refractivity contribution in [3.63, 3.8) is 0 Å². The molecular formula is C16H24N2. The van der Waals surface area contributed by atoms with Gasteiger partial charge in [-0.05, 0) is 56.0 Å². The molecule has 0 aromatic heterocycles. The Morgan fingerprint density at radius 2 is 1.78 bits per heavy atom. The third-order valence-corrected chi connectivity index (χ3v) is 4.56. The molecule has 0 bridgehead atoms. The fourth-order valence-corrected chi connectivity index (χ4v) is 3.32. The zero-order valence-corrected chi connectivity index (χ0v) is 11.4. The van der Waals surface area contributed by atoms with Crippen LogP contribution < -0.4 is 4.90 Å². The normalized spacial score (nSPS) is 24.9. The average molecular weight is 244 g/mol. The molecule has 2 heteroatoms. The van der Waals surface area contributed by atoms with Crippen LogP contribution >= 0.6 is 0 Å². The Morgan fingerprint density at radius 1 is 1.06 bits per heavy atom. The van der Waals surface area contributed by atoms with Crippen molar-refractivity contribution in [1.82, 2.24) is 4.90 Å². The first kappa shape index (κ1) is 12.0. The fourth-order valence-electron chi connectivity index (χ4n) is 3.32. The summed E-state index contributed by atoms with van der Waals surface area (Å²) in [5.41, 5.74) is 2.95. The van der Waals surface area contributed by atoms with Crippen LogP contribution in [0.5, 0.6) is 0 Å². The summed E-state index contributed by atoms with van der Waals surface area (Å²) in [7, 11) is 0. The standard InChI is InChI=1S/C16H24N2/c1-2-17-12-9-15(13-17)14-5-7-16(8-6-14)18-10-3-4-11-18/h5-8,15H,2-4,9-13H2,1H3. The lowest BCUT2D eigenvalue weighted by Gasteiger charge is -2.19. The zero-order chi connectivity index (χ0) is 12.4. The molecule has 3 rings (SSSR count). The number of hydrogen-bond acceptors (Lipinski definition) is 2. The Labute approximate surface area is 111 Å². The molecule has 2 heterocycles. The number of likely N-dealkylation sites (tertiary alicyclic amines) is 1. The predicted molar refractivity (Wildman–Crippen MR) is 77.4 cm³/mol. The number of benzene rings is 1. The summed E-state index contributed by atoms with van der Waals surface area (Å²) < 4.78 is 0. The van der Waals surface area contributed by atoms with E-state index >= 15 is 0 Å². The minimum Gasteiger partial charge on any atom is -0.372 e. The van der Waals surface area contributed by atoms with Gasteiger partial charge in [0.2, 0.25) is 0 Å². The first-order valence-electron chi connectivity index (χ1n) is 7.44. The van der Waals surface area contributed by atoms with Crippen LogP contribution in [-0.2, 0) is 0 Å². The predicted octanol–water partition coefficient (Wildman–Crippen LogP) is 3.10. The minimum atomic E-state index is 0.762. The highest BCUT2D eigenvalue weighted by atomic mass is 15.1. The second kappa shape index (κ2) is 5.31. The largest absolute Gasteiger partial charge is 0.372 e. The van der Waals surface area contributed by atoms with E-state index in [0.29, 0.717) is 0 Å². The number of nitrogens with zero attached hydrogens (tertiary/aromatic N) is 2. The molecule has 1 aromatic carbocycles. The van der Waals surface area contributed by atoms with Crippen LogP contribution in [0.15, 0.2) is 24.3 Å². The maximum absolute atomic E-state index is 2.55. The van der Waals surface area contributed by atoms with Crippen LogP contribution in [0.2, 0.25) is 0 Å².